The summed E-state index contributed by atoms with van der Waals surface area (Å²) in [6.07, 6.45) is 2.04. The summed E-state index contributed by atoms with van der Waals surface area (Å²) in [5, 5.41) is 3.50. The van der Waals surface area contributed by atoms with Crippen molar-refractivity contribution in [3.63, 3.8) is 0 Å². The van der Waals surface area contributed by atoms with Gasteiger partial charge in [0.1, 0.15) is 0 Å². The maximum atomic E-state index is 12.1. The fraction of sp³-hybridized carbons (Fsp3) is 0.571. The van der Waals surface area contributed by atoms with Crippen molar-refractivity contribution >= 4 is 9.84 Å². The number of sulfone groups is 1. The Morgan fingerprint density at radius 1 is 1.37 bits per heavy atom. The van der Waals surface area contributed by atoms with Gasteiger partial charge in [-0.05, 0) is 31.4 Å². The Morgan fingerprint density at radius 2 is 2.16 bits per heavy atom. The molecule has 0 radical (unpaired) electrons. The van der Waals surface area contributed by atoms with Crippen LogP contribution in [0.2, 0.25) is 0 Å². The third-order valence-electron chi connectivity index (χ3n) is 3.98. The Bertz CT molecular complexity index is 576. The molecule has 1 aromatic rings. The molecule has 1 saturated heterocycles. The zero-order valence-electron chi connectivity index (χ0n) is 11.1. The molecule has 2 atom stereocenters. The third-order valence-corrected chi connectivity index (χ3v) is 5.79. The van der Waals surface area contributed by atoms with Crippen LogP contribution in [0, 0.1) is 0 Å². The molecule has 1 aromatic carbocycles. The van der Waals surface area contributed by atoms with Crippen molar-refractivity contribution in [2.45, 2.75) is 36.2 Å². The summed E-state index contributed by atoms with van der Waals surface area (Å²) in [7, 11) is -3.14. The highest BCUT2D eigenvalue weighted by Crippen LogP contribution is 2.35. The number of fused-ring (bicyclic) bond motifs is 1. The molecular formula is C14H19NO3S. The van der Waals surface area contributed by atoms with Crippen LogP contribution in [0.15, 0.2) is 29.2 Å². The Hall–Kier alpha value is -0.910. The largest absolute Gasteiger partial charge is 0.380 e. The van der Waals surface area contributed by atoms with Crippen LogP contribution in [0.4, 0.5) is 0 Å². The van der Waals surface area contributed by atoms with Crippen molar-refractivity contribution in [1.82, 2.24) is 5.32 Å². The van der Waals surface area contributed by atoms with E-state index in [2.05, 4.69) is 12.2 Å². The lowest BCUT2D eigenvalue weighted by Crippen LogP contribution is -2.50. The van der Waals surface area contributed by atoms with Crippen molar-refractivity contribution in [2.24, 2.45) is 0 Å². The Labute approximate surface area is 114 Å². The molecule has 0 aromatic heterocycles. The Kier molecular flexibility index (Phi) is 3.15. The minimum absolute atomic E-state index is 0.118. The standard InChI is InChI=1S/C14H19NO3S/c1-14(7-4-8-18-10-14)15-12-9-19(16,17)13-6-3-2-5-11(12)13/h2-3,5-6,12,15H,4,7-10H2,1H3. The summed E-state index contributed by atoms with van der Waals surface area (Å²) in [5.41, 5.74) is 0.768. The second-order valence-corrected chi connectivity index (χ2v) is 7.74. The number of rotatable bonds is 2. The molecule has 0 aliphatic carbocycles. The monoisotopic (exact) mass is 281 g/mol. The van der Waals surface area contributed by atoms with Crippen LogP contribution in [0.1, 0.15) is 31.4 Å². The first-order chi connectivity index (χ1) is 9.00. The topological polar surface area (TPSA) is 55.4 Å². The maximum absolute atomic E-state index is 12.1. The van der Waals surface area contributed by atoms with Gasteiger partial charge in [-0.25, -0.2) is 8.42 Å². The molecule has 2 aliphatic heterocycles. The molecule has 2 heterocycles. The number of nitrogens with one attached hydrogen (secondary N) is 1. The van der Waals surface area contributed by atoms with Crippen molar-refractivity contribution in [2.75, 3.05) is 19.0 Å². The quantitative estimate of drug-likeness (QED) is 0.896. The van der Waals surface area contributed by atoms with Gasteiger partial charge >= 0.3 is 0 Å². The fourth-order valence-corrected chi connectivity index (χ4v) is 4.78. The molecular weight excluding hydrogens is 262 g/mol. The zero-order chi connectivity index (χ0) is 13.5. The van der Waals surface area contributed by atoms with Crippen LogP contribution in [-0.4, -0.2) is 32.9 Å². The van der Waals surface area contributed by atoms with Crippen LogP contribution in [0.3, 0.4) is 0 Å². The molecule has 0 bridgehead atoms. The summed E-state index contributed by atoms with van der Waals surface area (Å²) in [6, 6.07) is 7.17. The first-order valence-corrected chi connectivity index (χ1v) is 8.33. The van der Waals surface area contributed by atoms with E-state index in [1.807, 2.05) is 12.1 Å². The van der Waals surface area contributed by atoms with Gasteiger partial charge in [0.25, 0.3) is 0 Å². The van der Waals surface area contributed by atoms with Crippen LogP contribution < -0.4 is 5.32 Å². The Morgan fingerprint density at radius 3 is 2.89 bits per heavy atom. The average molecular weight is 281 g/mol. The van der Waals surface area contributed by atoms with Gasteiger partial charge in [-0.1, -0.05) is 18.2 Å². The van der Waals surface area contributed by atoms with Gasteiger partial charge in [0.2, 0.25) is 0 Å². The summed E-state index contributed by atoms with van der Waals surface area (Å²) in [4.78, 5) is 0.479. The first kappa shape index (κ1) is 13.1. The van der Waals surface area contributed by atoms with Crippen LogP contribution in [-0.2, 0) is 14.6 Å². The van der Waals surface area contributed by atoms with E-state index in [0.717, 1.165) is 25.0 Å². The van der Waals surface area contributed by atoms with Crippen molar-refractivity contribution in [3.05, 3.63) is 29.8 Å². The molecule has 4 nitrogen and oxygen atoms in total. The SMILES string of the molecule is CC1(NC2CS(=O)(=O)c3ccccc32)CCCOC1. The second-order valence-electron chi connectivity index (χ2n) is 5.73. The van der Waals surface area contributed by atoms with Crippen molar-refractivity contribution in [3.8, 4) is 0 Å². The molecule has 19 heavy (non-hydrogen) atoms. The molecule has 2 aliphatic rings. The van der Waals surface area contributed by atoms with Crippen molar-refractivity contribution < 1.29 is 13.2 Å². The lowest BCUT2D eigenvalue weighted by Gasteiger charge is -2.37. The normalized spacial score (nSPS) is 33.0. The maximum Gasteiger partial charge on any atom is 0.180 e. The first-order valence-electron chi connectivity index (χ1n) is 6.67. The predicted octanol–water partition coefficient (Wildman–Crippen LogP) is 1.67. The highest BCUT2D eigenvalue weighted by atomic mass is 32.2. The van der Waals surface area contributed by atoms with Gasteiger partial charge in [-0.15, -0.1) is 0 Å². The summed E-state index contributed by atoms with van der Waals surface area (Å²) in [6.45, 7) is 3.56. The van der Waals surface area contributed by atoms with Gasteiger partial charge < -0.3 is 10.1 Å². The van der Waals surface area contributed by atoms with Gasteiger partial charge in [0, 0.05) is 18.2 Å². The highest BCUT2D eigenvalue weighted by Gasteiger charge is 2.38. The lowest BCUT2D eigenvalue weighted by atomic mass is 9.93. The molecule has 0 amide bonds. The number of benzene rings is 1. The summed E-state index contributed by atoms with van der Waals surface area (Å²) < 4.78 is 29.8. The lowest BCUT2D eigenvalue weighted by molar-refractivity contribution is 0.0242. The van der Waals surface area contributed by atoms with E-state index in [9.17, 15) is 8.42 Å². The van der Waals surface area contributed by atoms with Gasteiger partial charge in [-0.3, -0.25) is 0 Å². The van der Waals surface area contributed by atoms with E-state index < -0.39 is 9.84 Å². The minimum Gasteiger partial charge on any atom is -0.380 e. The van der Waals surface area contributed by atoms with Crippen molar-refractivity contribution in [1.29, 1.82) is 0 Å². The van der Waals surface area contributed by atoms with Crippen LogP contribution in [0.25, 0.3) is 0 Å². The number of ether oxygens (including phenoxy) is 1. The summed E-state index contributed by atoms with van der Waals surface area (Å²) in [5.74, 6) is 0.155. The number of hydrogen-bond donors (Lipinski definition) is 1. The zero-order valence-corrected chi connectivity index (χ0v) is 11.9. The average Bonchev–Trinajstić information content (AvgIpc) is 2.62. The molecule has 1 fully saturated rings. The van der Waals surface area contributed by atoms with E-state index in [4.69, 9.17) is 4.74 Å². The Balaban J connectivity index is 1.88. The molecule has 104 valence electrons. The highest BCUT2D eigenvalue weighted by molar-refractivity contribution is 7.91. The second kappa shape index (κ2) is 4.58. The molecule has 2 unspecified atom stereocenters. The third kappa shape index (κ3) is 2.42. The fourth-order valence-electron chi connectivity index (χ4n) is 3.04. The van der Waals surface area contributed by atoms with E-state index in [1.165, 1.54) is 0 Å². The smallest absolute Gasteiger partial charge is 0.180 e. The molecule has 0 spiro atoms. The van der Waals surface area contributed by atoms with E-state index in [-0.39, 0.29) is 17.3 Å². The minimum atomic E-state index is -3.14. The molecule has 3 rings (SSSR count). The van der Waals surface area contributed by atoms with E-state index >= 15 is 0 Å². The molecule has 1 N–H and O–H groups in total. The summed E-state index contributed by atoms with van der Waals surface area (Å²) >= 11 is 0. The van der Waals surface area contributed by atoms with E-state index in [1.54, 1.807) is 12.1 Å². The van der Waals surface area contributed by atoms with Gasteiger partial charge in [0.05, 0.1) is 17.3 Å². The van der Waals surface area contributed by atoms with Gasteiger partial charge in [0.15, 0.2) is 9.84 Å². The molecule has 5 heteroatoms. The van der Waals surface area contributed by atoms with E-state index in [0.29, 0.717) is 11.5 Å². The van der Waals surface area contributed by atoms with Gasteiger partial charge in [-0.2, -0.15) is 0 Å². The molecule has 0 saturated carbocycles. The predicted molar refractivity (Wildman–Crippen MR) is 72.8 cm³/mol. The van der Waals surface area contributed by atoms with Crippen LogP contribution >= 0.6 is 0 Å². The van der Waals surface area contributed by atoms with Crippen LogP contribution in [0.5, 0.6) is 0 Å². The number of hydrogen-bond acceptors (Lipinski definition) is 4.